The lowest BCUT2D eigenvalue weighted by Crippen LogP contribution is -2.54. The van der Waals surface area contributed by atoms with Crippen LogP contribution < -0.4 is 21.7 Å². The molecule has 7 N–H and O–H groups in total. The lowest BCUT2D eigenvalue weighted by atomic mass is 10.0. The highest BCUT2D eigenvalue weighted by Gasteiger charge is 2.25. The summed E-state index contributed by atoms with van der Waals surface area (Å²) in [5, 5.41) is 26.3. The van der Waals surface area contributed by atoms with Gasteiger partial charge in [0.2, 0.25) is 17.7 Å². The SMILES string of the molecule is CSCCC(N)C(=O)NC(Cc1ccccc1)C(=O)NCC(=O)NC(Cc1ccc(O)cc1)C(=O)O. The summed E-state index contributed by atoms with van der Waals surface area (Å²) in [6.45, 7) is -0.474. The van der Waals surface area contributed by atoms with Crippen LogP contribution in [0.25, 0.3) is 0 Å². The van der Waals surface area contributed by atoms with E-state index in [1.165, 1.54) is 12.1 Å². The highest BCUT2D eigenvalue weighted by Crippen LogP contribution is 2.11. The lowest BCUT2D eigenvalue weighted by Gasteiger charge is -2.21. The second-order valence-electron chi connectivity index (χ2n) is 8.19. The Morgan fingerprint density at radius 1 is 0.889 bits per heavy atom. The maximum atomic E-state index is 12.9. The number of nitrogens with two attached hydrogens (primary N) is 1. The average molecular weight is 517 g/mol. The van der Waals surface area contributed by atoms with Crippen LogP contribution in [-0.4, -0.2) is 70.6 Å². The van der Waals surface area contributed by atoms with Crippen molar-refractivity contribution in [3.05, 3.63) is 65.7 Å². The van der Waals surface area contributed by atoms with E-state index < -0.39 is 48.4 Å². The van der Waals surface area contributed by atoms with Gasteiger partial charge in [-0.25, -0.2) is 4.79 Å². The molecule has 194 valence electrons. The number of phenolic OH excluding ortho intramolecular Hbond substituents is 1. The molecule has 0 fully saturated rings. The minimum absolute atomic E-state index is 0.00404. The Labute approximate surface area is 214 Å². The Bertz CT molecular complexity index is 1020. The molecule has 3 unspecified atom stereocenters. The number of rotatable bonds is 14. The molecular formula is C25H32N4O6S. The number of hydrogen-bond acceptors (Lipinski definition) is 7. The largest absolute Gasteiger partial charge is 0.508 e. The van der Waals surface area contributed by atoms with Crippen LogP contribution in [0.15, 0.2) is 54.6 Å². The van der Waals surface area contributed by atoms with Gasteiger partial charge in [0.15, 0.2) is 0 Å². The smallest absolute Gasteiger partial charge is 0.326 e. The third-order valence-electron chi connectivity index (χ3n) is 5.32. The van der Waals surface area contributed by atoms with E-state index in [0.717, 1.165) is 5.56 Å². The topological polar surface area (TPSA) is 171 Å². The highest BCUT2D eigenvalue weighted by atomic mass is 32.2. The first-order valence-corrected chi connectivity index (χ1v) is 12.8. The molecule has 36 heavy (non-hydrogen) atoms. The molecule has 11 heteroatoms. The van der Waals surface area contributed by atoms with Gasteiger partial charge < -0.3 is 31.9 Å². The molecule has 0 aromatic heterocycles. The van der Waals surface area contributed by atoms with Crippen molar-refractivity contribution in [3.8, 4) is 5.75 Å². The van der Waals surface area contributed by atoms with Crippen molar-refractivity contribution in [3.63, 3.8) is 0 Å². The monoisotopic (exact) mass is 516 g/mol. The molecule has 3 amide bonds. The van der Waals surface area contributed by atoms with Crippen LogP contribution in [0.1, 0.15) is 17.5 Å². The number of nitrogens with one attached hydrogen (secondary N) is 3. The van der Waals surface area contributed by atoms with E-state index in [9.17, 15) is 29.4 Å². The third kappa shape index (κ3) is 9.96. The molecule has 10 nitrogen and oxygen atoms in total. The minimum atomic E-state index is -1.24. The Morgan fingerprint density at radius 3 is 2.11 bits per heavy atom. The minimum Gasteiger partial charge on any atom is -0.508 e. The molecule has 0 radical (unpaired) electrons. The van der Waals surface area contributed by atoms with Crippen LogP contribution in [0.2, 0.25) is 0 Å². The second kappa shape index (κ2) is 14.7. The fourth-order valence-electron chi connectivity index (χ4n) is 3.32. The summed E-state index contributed by atoms with van der Waals surface area (Å²) in [4.78, 5) is 49.4. The fourth-order valence-corrected chi connectivity index (χ4v) is 3.81. The van der Waals surface area contributed by atoms with Gasteiger partial charge in [0, 0.05) is 12.8 Å². The molecule has 0 aliphatic rings. The molecule has 0 aliphatic carbocycles. The number of carbonyl (C=O) groups excluding carboxylic acids is 3. The first-order valence-electron chi connectivity index (χ1n) is 11.4. The molecule has 0 aliphatic heterocycles. The first-order chi connectivity index (χ1) is 17.2. The lowest BCUT2D eigenvalue weighted by molar-refractivity contribution is -0.141. The number of thioether (sulfide) groups is 1. The summed E-state index contributed by atoms with van der Waals surface area (Å²) in [7, 11) is 0. The van der Waals surface area contributed by atoms with Gasteiger partial charge in [0.25, 0.3) is 0 Å². The number of carboxylic acids is 1. The van der Waals surface area contributed by atoms with Crippen molar-refractivity contribution in [2.24, 2.45) is 5.73 Å². The van der Waals surface area contributed by atoms with Crippen molar-refractivity contribution in [1.29, 1.82) is 0 Å². The molecule has 0 saturated carbocycles. The summed E-state index contributed by atoms with van der Waals surface area (Å²) in [6.07, 6.45) is 2.54. The molecule has 0 spiro atoms. The zero-order valence-electron chi connectivity index (χ0n) is 20.0. The third-order valence-corrected chi connectivity index (χ3v) is 5.96. The summed E-state index contributed by atoms with van der Waals surface area (Å²) >= 11 is 1.56. The van der Waals surface area contributed by atoms with Crippen LogP contribution in [0, 0.1) is 0 Å². The summed E-state index contributed by atoms with van der Waals surface area (Å²) in [5.41, 5.74) is 7.34. The number of phenols is 1. The number of aliphatic carboxylic acids is 1. The number of carboxylic acid groups (broad SMARTS) is 1. The van der Waals surface area contributed by atoms with E-state index in [1.807, 2.05) is 36.6 Å². The molecule has 2 rings (SSSR count). The van der Waals surface area contributed by atoms with Crippen LogP contribution in [0.3, 0.4) is 0 Å². The van der Waals surface area contributed by atoms with Crippen molar-refractivity contribution in [2.75, 3.05) is 18.6 Å². The standard InChI is InChI=1S/C25H32N4O6S/c1-36-12-11-19(26)23(32)29-20(13-16-5-3-2-4-6-16)24(33)27-15-22(31)28-21(25(34)35)14-17-7-9-18(30)10-8-17/h2-10,19-21,30H,11-15,26H2,1H3,(H,27,33)(H,28,31)(H,29,32)(H,34,35). The Balaban J connectivity index is 1.99. The van der Waals surface area contributed by atoms with E-state index in [-0.39, 0.29) is 18.6 Å². The van der Waals surface area contributed by atoms with Crippen LogP contribution >= 0.6 is 11.8 Å². The van der Waals surface area contributed by atoms with Gasteiger partial charge in [-0.1, -0.05) is 42.5 Å². The van der Waals surface area contributed by atoms with Gasteiger partial charge >= 0.3 is 5.97 Å². The van der Waals surface area contributed by atoms with Crippen molar-refractivity contribution < 1.29 is 29.4 Å². The normalized spacial score (nSPS) is 13.2. The van der Waals surface area contributed by atoms with Crippen LogP contribution in [0.5, 0.6) is 5.75 Å². The van der Waals surface area contributed by atoms with E-state index in [4.69, 9.17) is 5.73 Å². The highest BCUT2D eigenvalue weighted by molar-refractivity contribution is 7.98. The Kier molecular flexibility index (Phi) is 11.7. The maximum absolute atomic E-state index is 12.9. The Hall–Kier alpha value is -3.57. The zero-order chi connectivity index (χ0) is 26.5. The van der Waals surface area contributed by atoms with E-state index >= 15 is 0 Å². The molecule has 3 atom stereocenters. The molecular weight excluding hydrogens is 484 g/mol. The molecule has 2 aromatic rings. The summed E-state index contributed by atoms with van der Waals surface area (Å²) in [5.74, 6) is -2.26. The average Bonchev–Trinajstić information content (AvgIpc) is 2.86. The summed E-state index contributed by atoms with van der Waals surface area (Å²) in [6, 6.07) is 12.1. The molecule has 0 heterocycles. The zero-order valence-corrected chi connectivity index (χ0v) is 20.8. The predicted molar refractivity (Wildman–Crippen MR) is 137 cm³/mol. The van der Waals surface area contributed by atoms with Crippen molar-refractivity contribution >= 4 is 35.5 Å². The maximum Gasteiger partial charge on any atom is 0.326 e. The van der Waals surface area contributed by atoms with Gasteiger partial charge in [0.05, 0.1) is 12.6 Å². The molecule has 0 saturated heterocycles. The van der Waals surface area contributed by atoms with E-state index in [0.29, 0.717) is 17.7 Å². The van der Waals surface area contributed by atoms with Gasteiger partial charge in [-0.15, -0.1) is 0 Å². The first kappa shape index (κ1) is 28.7. The van der Waals surface area contributed by atoms with Crippen LogP contribution in [0.4, 0.5) is 0 Å². The van der Waals surface area contributed by atoms with E-state index in [1.54, 1.807) is 23.9 Å². The van der Waals surface area contributed by atoms with Gasteiger partial charge in [-0.2, -0.15) is 11.8 Å². The number of carbonyl (C=O) groups is 4. The van der Waals surface area contributed by atoms with Gasteiger partial charge in [0.1, 0.15) is 17.8 Å². The van der Waals surface area contributed by atoms with Gasteiger partial charge in [-0.05, 0) is 41.7 Å². The molecule has 2 aromatic carbocycles. The fraction of sp³-hybridized carbons (Fsp3) is 0.360. The number of hydrogen-bond donors (Lipinski definition) is 6. The van der Waals surface area contributed by atoms with Crippen molar-refractivity contribution in [2.45, 2.75) is 37.4 Å². The van der Waals surface area contributed by atoms with Crippen molar-refractivity contribution in [1.82, 2.24) is 16.0 Å². The predicted octanol–water partition coefficient (Wildman–Crippen LogP) is 0.428. The Morgan fingerprint density at radius 2 is 1.50 bits per heavy atom. The summed E-state index contributed by atoms with van der Waals surface area (Å²) < 4.78 is 0. The van der Waals surface area contributed by atoms with E-state index in [2.05, 4.69) is 16.0 Å². The second-order valence-corrected chi connectivity index (χ2v) is 9.17. The molecule has 0 bridgehead atoms. The number of amides is 3. The number of aromatic hydroxyl groups is 1. The van der Waals surface area contributed by atoms with Crippen LogP contribution in [-0.2, 0) is 32.0 Å². The van der Waals surface area contributed by atoms with Gasteiger partial charge in [-0.3, -0.25) is 14.4 Å². The number of benzene rings is 2. The quantitative estimate of drug-likeness (QED) is 0.210.